The number of aliphatic carboxylic acids is 1. The van der Waals surface area contributed by atoms with Crippen LogP contribution >= 0.6 is 0 Å². The molecular weight excluding hydrogens is 374 g/mol. The van der Waals surface area contributed by atoms with Gasteiger partial charge in [-0.3, -0.25) is 4.79 Å². The van der Waals surface area contributed by atoms with Gasteiger partial charge in [-0.25, -0.2) is 8.42 Å². The summed E-state index contributed by atoms with van der Waals surface area (Å²) in [5.74, 6) is -0.791. The second-order valence-electron chi connectivity index (χ2n) is 7.79. The molecular formula is C22H25NO4S. The van der Waals surface area contributed by atoms with Crippen LogP contribution in [0, 0.1) is 11.8 Å². The molecule has 148 valence electrons. The van der Waals surface area contributed by atoms with E-state index in [0.29, 0.717) is 5.92 Å². The van der Waals surface area contributed by atoms with Crippen LogP contribution in [0.15, 0.2) is 59.5 Å². The largest absolute Gasteiger partial charge is 0.480 e. The zero-order valence-corrected chi connectivity index (χ0v) is 16.5. The highest BCUT2D eigenvalue weighted by atomic mass is 32.2. The number of carboxylic acids is 1. The summed E-state index contributed by atoms with van der Waals surface area (Å²) < 4.78 is 27.8. The van der Waals surface area contributed by atoms with Crippen LogP contribution in [-0.4, -0.2) is 36.4 Å². The number of fused-ring (bicyclic) bond motifs is 1. The number of carbonyl (C=O) groups is 1. The van der Waals surface area contributed by atoms with Crippen molar-refractivity contribution in [3.63, 3.8) is 0 Å². The average molecular weight is 400 g/mol. The van der Waals surface area contributed by atoms with Crippen molar-refractivity contribution in [3.05, 3.63) is 54.6 Å². The molecule has 3 atom stereocenters. The molecule has 0 spiro atoms. The summed E-state index contributed by atoms with van der Waals surface area (Å²) in [5, 5.41) is 9.84. The van der Waals surface area contributed by atoms with E-state index in [9.17, 15) is 18.3 Å². The van der Waals surface area contributed by atoms with Crippen LogP contribution in [0.25, 0.3) is 11.1 Å². The Morgan fingerprint density at radius 2 is 1.54 bits per heavy atom. The van der Waals surface area contributed by atoms with Gasteiger partial charge in [0, 0.05) is 6.54 Å². The molecule has 1 N–H and O–H groups in total. The van der Waals surface area contributed by atoms with Crippen molar-refractivity contribution in [1.29, 1.82) is 0 Å². The number of hydrogen-bond acceptors (Lipinski definition) is 3. The third-order valence-corrected chi connectivity index (χ3v) is 8.12. The SMILES string of the molecule is O=C(O)C1C2CCCCC2CCN1S(=O)(=O)c1ccc(-c2ccccc2)cc1. The molecule has 3 unspecified atom stereocenters. The molecule has 2 aromatic rings. The minimum Gasteiger partial charge on any atom is -0.480 e. The van der Waals surface area contributed by atoms with Crippen molar-refractivity contribution in [2.75, 3.05) is 6.54 Å². The van der Waals surface area contributed by atoms with E-state index in [-0.39, 0.29) is 17.4 Å². The van der Waals surface area contributed by atoms with E-state index in [1.165, 1.54) is 4.31 Å². The Kier molecular flexibility index (Phi) is 5.25. The second kappa shape index (κ2) is 7.68. The molecule has 0 aromatic heterocycles. The molecule has 2 fully saturated rings. The fourth-order valence-electron chi connectivity index (χ4n) is 4.82. The van der Waals surface area contributed by atoms with Gasteiger partial charge in [0.15, 0.2) is 0 Å². The number of carboxylic acid groups (broad SMARTS) is 1. The van der Waals surface area contributed by atoms with Crippen molar-refractivity contribution >= 4 is 16.0 Å². The molecule has 6 heteroatoms. The van der Waals surface area contributed by atoms with Crippen LogP contribution in [0.5, 0.6) is 0 Å². The van der Waals surface area contributed by atoms with Crippen LogP contribution in [-0.2, 0) is 14.8 Å². The molecule has 5 nitrogen and oxygen atoms in total. The topological polar surface area (TPSA) is 74.7 Å². The molecule has 1 aliphatic heterocycles. The molecule has 2 aromatic carbocycles. The fourth-order valence-corrected chi connectivity index (χ4v) is 6.46. The van der Waals surface area contributed by atoms with Gasteiger partial charge in [-0.15, -0.1) is 0 Å². The third kappa shape index (κ3) is 3.47. The van der Waals surface area contributed by atoms with E-state index in [4.69, 9.17) is 0 Å². The third-order valence-electron chi connectivity index (χ3n) is 6.23. The number of benzene rings is 2. The van der Waals surface area contributed by atoms with Crippen molar-refractivity contribution in [2.45, 2.75) is 43.0 Å². The molecule has 28 heavy (non-hydrogen) atoms. The summed E-state index contributed by atoms with van der Waals surface area (Å²) in [6.45, 7) is 0.279. The fraction of sp³-hybridized carbons (Fsp3) is 0.409. The standard InChI is InChI=1S/C22H25NO4S/c24-22(25)21-20-9-5-4-8-18(20)14-15-23(21)28(26,27)19-12-10-17(11-13-19)16-6-2-1-3-7-16/h1-3,6-7,10-13,18,20-21H,4-5,8-9,14-15H2,(H,24,25). The van der Waals surface area contributed by atoms with Crippen molar-refractivity contribution < 1.29 is 18.3 Å². The van der Waals surface area contributed by atoms with Gasteiger partial charge in [0.25, 0.3) is 0 Å². The Labute approximate surface area is 166 Å². The van der Waals surface area contributed by atoms with Gasteiger partial charge in [-0.2, -0.15) is 4.31 Å². The van der Waals surface area contributed by atoms with E-state index in [2.05, 4.69) is 0 Å². The number of hydrogen-bond donors (Lipinski definition) is 1. The minimum absolute atomic E-state index is 0.0848. The lowest BCUT2D eigenvalue weighted by molar-refractivity contribution is -0.146. The first-order chi connectivity index (χ1) is 13.5. The van der Waals surface area contributed by atoms with E-state index in [1.807, 2.05) is 30.3 Å². The molecule has 1 saturated heterocycles. The predicted molar refractivity (Wildman–Crippen MR) is 107 cm³/mol. The van der Waals surface area contributed by atoms with Crippen LogP contribution in [0.3, 0.4) is 0 Å². The highest BCUT2D eigenvalue weighted by Crippen LogP contribution is 2.41. The van der Waals surface area contributed by atoms with Gasteiger partial charge < -0.3 is 5.11 Å². The Morgan fingerprint density at radius 3 is 2.21 bits per heavy atom. The van der Waals surface area contributed by atoms with Gasteiger partial charge in [-0.05, 0) is 47.9 Å². The Hall–Kier alpha value is -2.18. The highest BCUT2D eigenvalue weighted by molar-refractivity contribution is 7.89. The van der Waals surface area contributed by atoms with Gasteiger partial charge in [0.1, 0.15) is 6.04 Å². The summed E-state index contributed by atoms with van der Waals surface area (Å²) in [6, 6.07) is 15.5. The smallest absolute Gasteiger partial charge is 0.322 e. The summed E-state index contributed by atoms with van der Waals surface area (Å²) >= 11 is 0. The summed E-state index contributed by atoms with van der Waals surface area (Å²) in [6.07, 6.45) is 4.64. The molecule has 1 aliphatic carbocycles. The lowest BCUT2D eigenvalue weighted by atomic mass is 9.71. The first kappa shape index (κ1) is 19.2. The first-order valence-electron chi connectivity index (χ1n) is 9.88. The Morgan fingerprint density at radius 1 is 0.893 bits per heavy atom. The van der Waals surface area contributed by atoms with Crippen LogP contribution in [0.1, 0.15) is 32.1 Å². The van der Waals surface area contributed by atoms with E-state index >= 15 is 0 Å². The van der Waals surface area contributed by atoms with Crippen molar-refractivity contribution in [3.8, 4) is 11.1 Å². The average Bonchev–Trinajstić information content (AvgIpc) is 2.73. The van der Waals surface area contributed by atoms with Gasteiger partial charge >= 0.3 is 5.97 Å². The quantitative estimate of drug-likeness (QED) is 0.843. The predicted octanol–water partition coefficient (Wildman–Crippen LogP) is 4.01. The molecule has 0 amide bonds. The zero-order chi connectivity index (χ0) is 19.7. The lowest BCUT2D eigenvalue weighted by Gasteiger charge is -2.44. The molecule has 2 aliphatic rings. The maximum atomic E-state index is 13.3. The molecule has 0 radical (unpaired) electrons. The number of nitrogens with zero attached hydrogens (tertiary/aromatic N) is 1. The van der Waals surface area contributed by atoms with E-state index in [1.54, 1.807) is 24.3 Å². The van der Waals surface area contributed by atoms with Crippen LogP contribution in [0.2, 0.25) is 0 Å². The Bertz CT molecular complexity index is 940. The van der Waals surface area contributed by atoms with Crippen LogP contribution in [0.4, 0.5) is 0 Å². The molecule has 0 bridgehead atoms. The first-order valence-corrected chi connectivity index (χ1v) is 11.3. The van der Waals surface area contributed by atoms with Crippen molar-refractivity contribution in [1.82, 2.24) is 4.31 Å². The number of sulfonamides is 1. The molecule has 4 rings (SSSR count). The minimum atomic E-state index is -3.85. The highest BCUT2D eigenvalue weighted by Gasteiger charge is 2.47. The van der Waals surface area contributed by atoms with Gasteiger partial charge in [0.05, 0.1) is 4.90 Å². The van der Waals surface area contributed by atoms with Gasteiger partial charge in [0.2, 0.25) is 10.0 Å². The Balaban J connectivity index is 1.64. The van der Waals surface area contributed by atoms with Gasteiger partial charge in [-0.1, -0.05) is 61.7 Å². The maximum Gasteiger partial charge on any atom is 0.322 e. The zero-order valence-electron chi connectivity index (χ0n) is 15.7. The number of rotatable bonds is 4. The normalized spacial score (nSPS) is 25.8. The monoisotopic (exact) mass is 399 g/mol. The molecule has 1 heterocycles. The van der Waals surface area contributed by atoms with Crippen molar-refractivity contribution in [2.24, 2.45) is 11.8 Å². The van der Waals surface area contributed by atoms with E-state index in [0.717, 1.165) is 43.2 Å². The summed E-state index contributed by atoms with van der Waals surface area (Å²) in [5.41, 5.74) is 1.94. The lowest BCUT2D eigenvalue weighted by Crippen LogP contribution is -2.55. The summed E-state index contributed by atoms with van der Waals surface area (Å²) in [7, 11) is -3.85. The van der Waals surface area contributed by atoms with Crippen LogP contribution < -0.4 is 0 Å². The molecule has 1 saturated carbocycles. The summed E-state index contributed by atoms with van der Waals surface area (Å²) in [4.78, 5) is 12.2. The van der Waals surface area contributed by atoms with E-state index < -0.39 is 22.0 Å². The number of piperidine rings is 1. The maximum absolute atomic E-state index is 13.3. The second-order valence-corrected chi connectivity index (χ2v) is 9.68.